The first kappa shape index (κ1) is 7.65. The van der Waals surface area contributed by atoms with Crippen LogP contribution in [0.2, 0.25) is 0 Å². The van der Waals surface area contributed by atoms with Gasteiger partial charge in [0.2, 0.25) is 11.6 Å². The summed E-state index contributed by atoms with van der Waals surface area (Å²) in [7, 11) is 0. The molecule has 0 radical (unpaired) electrons. The molecule has 2 nitrogen and oxygen atoms in total. The van der Waals surface area contributed by atoms with Crippen LogP contribution in [0.25, 0.3) is 0 Å². The molecule has 0 aliphatic carbocycles. The average Bonchev–Trinajstić information content (AvgIpc) is 1.84. The summed E-state index contributed by atoms with van der Waals surface area (Å²) < 4.78 is 24.6. The number of rotatable bonds is 0. The lowest BCUT2D eigenvalue weighted by atomic mass is 10.1. The van der Waals surface area contributed by atoms with E-state index in [1.165, 1.54) is 0 Å². The van der Waals surface area contributed by atoms with Crippen LogP contribution in [-0.2, 0) is 9.59 Å². The maximum Gasteiger partial charge on any atom is 0.364 e. The van der Waals surface area contributed by atoms with E-state index in [9.17, 15) is 18.4 Å². The highest BCUT2D eigenvalue weighted by atomic mass is 32.2. The van der Waals surface area contributed by atoms with E-state index in [1.807, 2.05) is 0 Å². The SMILES string of the molecule is O=C1CSCC(=O)C1(F)F. The molecule has 1 fully saturated rings. The Hall–Kier alpha value is -0.450. The van der Waals surface area contributed by atoms with Gasteiger partial charge in [-0.05, 0) is 0 Å². The van der Waals surface area contributed by atoms with Crippen molar-refractivity contribution in [3.63, 3.8) is 0 Å². The van der Waals surface area contributed by atoms with E-state index in [2.05, 4.69) is 0 Å². The van der Waals surface area contributed by atoms with Crippen molar-refractivity contribution >= 4 is 23.3 Å². The quantitative estimate of drug-likeness (QED) is 0.491. The van der Waals surface area contributed by atoms with Crippen molar-refractivity contribution in [1.82, 2.24) is 0 Å². The highest BCUT2D eigenvalue weighted by Crippen LogP contribution is 2.25. The Bertz CT molecular complexity index is 172. The van der Waals surface area contributed by atoms with Gasteiger partial charge in [0.25, 0.3) is 0 Å². The molecular formula is C5H4F2O2S. The van der Waals surface area contributed by atoms with Crippen LogP contribution in [0.5, 0.6) is 0 Å². The third-order valence-corrected chi connectivity index (χ3v) is 2.10. The molecule has 0 atom stereocenters. The maximum absolute atomic E-state index is 12.3. The Kier molecular flexibility index (Phi) is 1.76. The maximum atomic E-state index is 12.3. The zero-order valence-electron chi connectivity index (χ0n) is 4.89. The van der Waals surface area contributed by atoms with E-state index in [0.717, 1.165) is 11.8 Å². The summed E-state index contributed by atoms with van der Waals surface area (Å²) in [6.07, 6.45) is 0. The molecule has 0 spiro atoms. The molecule has 0 aromatic rings. The fraction of sp³-hybridized carbons (Fsp3) is 0.600. The van der Waals surface area contributed by atoms with Crippen LogP contribution < -0.4 is 0 Å². The summed E-state index contributed by atoms with van der Waals surface area (Å²) >= 11 is 0.934. The van der Waals surface area contributed by atoms with Gasteiger partial charge in [0.15, 0.2) is 0 Å². The van der Waals surface area contributed by atoms with E-state index in [4.69, 9.17) is 0 Å². The number of ketones is 2. The van der Waals surface area contributed by atoms with Crippen molar-refractivity contribution in [3.05, 3.63) is 0 Å². The second-order valence-electron chi connectivity index (χ2n) is 1.91. The van der Waals surface area contributed by atoms with E-state index in [-0.39, 0.29) is 11.5 Å². The smallest absolute Gasteiger partial charge is 0.291 e. The van der Waals surface area contributed by atoms with Gasteiger partial charge in [-0.2, -0.15) is 8.78 Å². The molecule has 1 saturated heterocycles. The van der Waals surface area contributed by atoms with Crippen LogP contribution in [0.3, 0.4) is 0 Å². The predicted octanol–water partition coefficient (Wildman–Crippen LogP) is 0.507. The molecule has 0 saturated carbocycles. The van der Waals surface area contributed by atoms with E-state index >= 15 is 0 Å². The molecule has 1 heterocycles. The highest BCUT2D eigenvalue weighted by Gasteiger charge is 2.48. The van der Waals surface area contributed by atoms with Gasteiger partial charge in [-0.1, -0.05) is 0 Å². The lowest BCUT2D eigenvalue weighted by Gasteiger charge is -2.17. The molecule has 1 rings (SSSR count). The summed E-state index contributed by atoms with van der Waals surface area (Å²) in [5.74, 6) is -6.74. The van der Waals surface area contributed by atoms with Crippen molar-refractivity contribution in [2.45, 2.75) is 5.92 Å². The van der Waals surface area contributed by atoms with Gasteiger partial charge in [0.1, 0.15) is 0 Å². The molecule has 0 unspecified atom stereocenters. The third-order valence-electron chi connectivity index (χ3n) is 1.17. The molecule has 0 bridgehead atoms. The van der Waals surface area contributed by atoms with Crippen LogP contribution in [-0.4, -0.2) is 29.0 Å². The first-order valence-corrected chi connectivity index (χ1v) is 3.73. The lowest BCUT2D eigenvalue weighted by Crippen LogP contribution is -2.43. The van der Waals surface area contributed by atoms with Crippen molar-refractivity contribution in [2.75, 3.05) is 11.5 Å². The molecule has 0 N–H and O–H groups in total. The van der Waals surface area contributed by atoms with Crippen molar-refractivity contribution in [1.29, 1.82) is 0 Å². The molecular weight excluding hydrogens is 162 g/mol. The summed E-state index contributed by atoms with van der Waals surface area (Å²) in [4.78, 5) is 20.7. The number of hydrogen-bond acceptors (Lipinski definition) is 3. The molecule has 1 aliphatic heterocycles. The molecule has 56 valence electrons. The third kappa shape index (κ3) is 1.05. The first-order chi connectivity index (χ1) is 4.55. The fourth-order valence-electron chi connectivity index (χ4n) is 0.573. The molecule has 0 aromatic heterocycles. The highest BCUT2D eigenvalue weighted by molar-refractivity contribution is 8.00. The first-order valence-electron chi connectivity index (χ1n) is 2.57. The predicted molar refractivity (Wildman–Crippen MR) is 32.3 cm³/mol. The lowest BCUT2D eigenvalue weighted by molar-refractivity contribution is -0.153. The minimum absolute atomic E-state index is 0.251. The number of Topliss-reactive ketones (excluding diaryl/α,β-unsaturated/α-hetero) is 2. The second kappa shape index (κ2) is 2.30. The Morgan fingerprint density at radius 2 is 1.60 bits per heavy atom. The number of alkyl halides is 2. The monoisotopic (exact) mass is 166 g/mol. The summed E-state index contributed by atoms with van der Waals surface area (Å²) in [5, 5.41) is 0. The zero-order valence-corrected chi connectivity index (χ0v) is 5.71. The zero-order chi connectivity index (χ0) is 7.78. The fourth-order valence-corrected chi connectivity index (χ4v) is 1.41. The number of carbonyl (C=O) groups is 2. The molecule has 1 aliphatic rings. The topological polar surface area (TPSA) is 34.1 Å². The van der Waals surface area contributed by atoms with Crippen LogP contribution in [0.1, 0.15) is 0 Å². The number of carbonyl (C=O) groups excluding carboxylic acids is 2. The van der Waals surface area contributed by atoms with Crippen LogP contribution in [0.4, 0.5) is 8.78 Å². The number of hydrogen-bond donors (Lipinski definition) is 0. The van der Waals surface area contributed by atoms with Gasteiger partial charge in [0, 0.05) is 0 Å². The average molecular weight is 166 g/mol. The second-order valence-corrected chi connectivity index (χ2v) is 2.90. The Morgan fingerprint density at radius 3 is 1.90 bits per heavy atom. The summed E-state index contributed by atoms with van der Waals surface area (Å²) in [5.41, 5.74) is 0. The molecule has 5 heteroatoms. The minimum atomic E-state index is -3.70. The molecule has 10 heavy (non-hydrogen) atoms. The van der Waals surface area contributed by atoms with E-state index < -0.39 is 17.5 Å². The number of halogens is 2. The summed E-state index contributed by atoms with van der Waals surface area (Å²) in [6, 6.07) is 0. The van der Waals surface area contributed by atoms with E-state index in [0.29, 0.717) is 0 Å². The van der Waals surface area contributed by atoms with Crippen LogP contribution in [0, 0.1) is 0 Å². The van der Waals surface area contributed by atoms with Crippen molar-refractivity contribution < 1.29 is 18.4 Å². The van der Waals surface area contributed by atoms with Gasteiger partial charge in [-0.15, -0.1) is 11.8 Å². The van der Waals surface area contributed by atoms with Gasteiger partial charge in [-0.25, -0.2) is 0 Å². The Morgan fingerprint density at radius 1 is 1.20 bits per heavy atom. The Labute approximate surface area is 60.0 Å². The minimum Gasteiger partial charge on any atom is -0.291 e. The number of thioether (sulfide) groups is 1. The van der Waals surface area contributed by atoms with Crippen molar-refractivity contribution in [2.24, 2.45) is 0 Å². The normalized spacial score (nSPS) is 25.0. The van der Waals surface area contributed by atoms with Crippen LogP contribution in [0.15, 0.2) is 0 Å². The molecule has 0 amide bonds. The standard InChI is InChI=1S/C5H4F2O2S/c6-5(7)3(8)1-10-2-4(5)9/h1-2H2. The van der Waals surface area contributed by atoms with Crippen molar-refractivity contribution in [3.8, 4) is 0 Å². The largest absolute Gasteiger partial charge is 0.364 e. The van der Waals surface area contributed by atoms with E-state index in [1.54, 1.807) is 0 Å². The van der Waals surface area contributed by atoms with Gasteiger partial charge >= 0.3 is 5.92 Å². The molecule has 0 aromatic carbocycles. The van der Waals surface area contributed by atoms with Crippen LogP contribution >= 0.6 is 11.8 Å². The van der Waals surface area contributed by atoms with Gasteiger partial charge in [0.05, 0.1) is 11.5 Å². The summed E-state index contributed by atoms with van der Waals surface area (Å²) in [6.45, 7) is 0. The van der Waals surface area contributed by atoms with Gasteiger partial charge < -0.3 is 0 Å². The Balaban J connectivity index is 2.83. The van der Waals surface area contributed by atoms with Gasteiger partial charge in [-0.3, -0.25) is 9.59 Å².